The van der Waals surface area contributed by atoms with Gasteiger partial charge < -0.3 is 29.2 Å². The number of benzene rings is 1. The summed E-state index contributed by atoms with van der Waals surface area (Å²) in [6, 6.07) is 10.6. The summed E-state index contributed by atoms with van der Waals surface area (Å²) in [5.74, 6) is 0.367. The van der Waals surface area contributed by atoms with Gasteiger partial charge in [0.25, 0.3) is 0 Å². The number of aromatic nitrogens is 1. The number of anilines is 1. The van der Waals surface area contributed by atoms with E-state index in [1.807, 2.05) is 36.0 Å². The molecule has 0 spiro atoms. The van der Waals surface area contributed by atoms with E-state index in [2.05, 4.69) is 11.9 Å². The maximum Gasteiger partial charge on any atom is 0.322 e. The molecule has 1 N–H and O–H groups in total. The normalized spacial score (nSPS) is 10.4. The minimum absolute atomic E-state index is 0.0822. The molecule has 0 saturated heterocycles. The number of hydrogen-bond acceptors (Lipinski definition) is 4. The molecular formula is C22H30N4O4. The fourth-order valence-electron chi connectivity index (χ4n) is 2.93. The molecule has 2 aromatic rings. The summed E-state index contributed by atoms with van der Waals surface area (Å²) in [6.45, 7) is 5.12. The van der Waals surface area contributed by atoms with Crippen LogP contribution in [0.2, 0.25) is 0 Å². The number of rotatable bonds is 11. The lowest BCUT2D eigenvalue weighted by Crippen LogP contribution is -2.45. The third kappa shape index (κ3) is 6.38. The van der Waals surface area contributed by atoms with Crippen molar-refractivity contribution in [2.45, 2.75) is 6.54 Å². The van der Waals surface area contributed by atoms with Gasteiger partial charge in [0.2, 0.25) is 5.91 Å². The van der Waals surface area contributed by atoms with Gasteiger partial charge in [-0.3, -0.25) is 4.79 Å². The number of nitrogens with one attached hydrogen (secondary N) is 1. The first-order valence-corrected chi connectivity index (χ1v) is 9.66. The van der Waals surface area contributed by atoms with Crippen LogP contribution in [0, 0.1) is 0 Å². The molecule has 30 heavy (non-hydrogen) atoms. The standard InChI is InChI=1S/C22H30N4O4/c1-5-12-26(22(28)23-19-10-6-7-11-20(19)30-4)17-21(27)25(14-15-29-3)16-18-9-8-13-24(18)2/h5-11,13H,1,12,14-17H2,2-4H3,(H,23,28). The van der Waals surface area contributed by atoms with Gasteiger partial charge in [-0.1, -0.05) is 18.2 Å². The van der Waals surface area contributed by atoms with E-state index >= 15 is 0 Å². The zero-order valence-corrected chi connectivity index (χ0v) is 17.8. The van der Waals surface area contributed by atoms with Crippen molar-refractivity contribution in [3.8, 4) is 5.75 Å². The van der Waals surface area contributed by atoms with Crippen molar-refractivity contribution in [1.82, 2.24) is 14.4 Å². The molecular weight excluding hydrogens is 384 g/mol. The Bertz CT molecular complexity index is 849. The minimum Gasteiger partial charge on any atom is -0.495 e. The van der Waals surface area contributed by atoms with Gasteiger partial charge in [0.05, 0.1) is 25.9 Å². The Morgan fingerprint density at radius 2 is 1.93 bits per heavy atom. The van der Waals surface area contributed by atoms with E-state index in [-0.39, 0.29) is 19.0 Å². The second-order valence-electron chi connectivity index (χ2n) is 6.72. The average molecular weight is 415 g/mol. The van der Waals surface area contributed by atoms with Crippen molar-refractivity contribution in [1.29, 1.82) is 0 Å². The highest BCUT2D eigenvalue weighted by molar-refractivity contribution is 5.93. The van der Waals surface area contributed by atoms with Crippen molar-refractivity contribution < 1.29 is 19.1 Å². The first-order valence-electron chi connectivity index (χ1n) is 9.66. The molecule has 0 saturated carbocycles. The van der Waals surface area contributed by atoms with Gasteiger partial charge >= 0.3 is 6.03 Å². The first-order chi connectivity index (χ1) is 14.5. The molecule has 8 heteroatoms. The van der Waals surface area contributed by atoms with Gasteiger partial charge in [0.1, 0.15) is 12.3 Å². The van der Waals surface area contributed by atoms with Crippen molar-refractivity contribution in [2.24, 2.45) is 7.05 Å². The Kier molecular flexibility index (Phi) is 8.96. The molecule has 8 nitrogen and oxygen atoms in total. The lowest BCUT2D eigenvalue weighted by atomic mass is 10.3. The Morgan fingerprint density at radius 3 is 2.57 bits per heavy atom. The van der Waals surface area contributed by atoms with Crippen LogP contribution in [-0.4, -0.2) is 66.8 Å². The van der Waals surface area contributed by atoms with E-state index in [4.69, 9.17) is 9.47 Å². The molecule has 0 aliphatic heterocycles. The van der Waals surface area contributed by atoms with Gasteiger partial charge in [0.15, 0.2) is 0 Å². The molecule has 1 aromatic carbocycles. The number of nitrogens with zero attached hydrogens (tertiary/aromatic N) is 3. The molecule has 0 unspecified atom stereocenters. The average Bonchev–Trinajstić information content (AvgIpc) is 3.15. The lowest BCUT2D eigenvalue weighted by Gasteiger charge is -2.27. The van der Waals surface area contributed by atoms with E-state index in [0.717, 1.165) is 5.69 Å². The summed E-state index contributed by atoms with van der Waals surface area (Å²) >= 11 is 0. The number of urea groups is 1. The Morgan fingerprint density at radius 1 is 1.17 bits per heavy atom. The number of hydrogen-bond donors (Lipinski definition) is 1. The molecule has 0 bridgehead atoms. The Labute approximate surface area is 177 Å². The molecule has 0 fully saturated rings. The van der Waals surface area contributed by atoms with Gasteiger partial charge in [-0.15, -0.1) is 6.58 Å². The molecule has 1 aromatic heterocycles. The van der Waals surface area contributed by atoms with Crippen LogP contribution in [0.15, 0.2) is 55.3 Å². The van der Waals surface area contributed by atoms with Gasteiger partial charge in [-0.25, -0.2) is 4.79 Å². The topological polar surface area (TPSA) is 76.0 Å². The van der Waals surface area contributed by atoms with E-state index in [9.17, 15) is 9.59 Å². The quantitative estimate of drug-likeness (QED) is 0.574. The SMILES string of the molecule is C=CCN(CC(=O)N(CCOC)Cc1cccn1C)C(=O)Nc1ccccc1OC. The lowest BCUT2D eigenvalue weighted by molar-refractivity contribution is -0.133. The number of carbonyl (C=O) groups excluding carboxylic acids is 2. The van der Waals surface area contributed by atoms with E-state index in [1.54, 1.807) is 36.3 Å². The predicted molar refractivity (Wildman–Crippen MR) is 116 cm³/mol. The minimum atomic E-state index is -0.404. The monoisotopic (exact) mass is 414 g/mol. The molecule has 3 amide bonds. The van der Waals surface area contributed by atoms with Crippen LogP contribution in [0.5, 0.6) is 5.75 Å². The summed E-state index contributed by atoms with van der Waals surface area (Å²) < 4.78 is 12.4. The van der Waals surface area contributed by atoms with Crippen molar-refractivity contribution in [3.63, 3.8) is 0 Å². The van der Waals surface area contributed by atoms with Crippen LogP contribution in [0.3, 0.4) is 0 Å². The fraction of sp³-hybridized carbons (Fsp3) is 0.364. The zero-order valence-electron chi connectivity index (χ0n) is 17.8. The summed E-state index contributed by atoms with van der Waals surface area (Å²) in [5.41, 5.74) is 1.53. The number of amides is 3. The van der Waals surface area contributed by atoms with E-state index in [0.29, 0.717) is 31.1 Å². The number of ether oxygens (including phenoxy) is 2. The molecule has 162 valence electrons. The highest BCUT2D eigenvalue weighted by atomic mass is 16.5. The summed E-state index contributed by atoms with van der Waals surface area (Å²) in [7, 11) is 5.06. The molecule has 0 aliphatic rings. The van der Waals surface area contributed by atoms with Crippen LogP contribution in [0.25, 0.3) is 0 Å². The number of carbonyl (C=O) groups is 2. The molecule has 0 radical (unpaired) electrons. The molecule has 1 heterocycles. The largest absolute Gasteiger partial charge is 0.495 e. The third-order valence-electron chi connectivity index (χ3n) is 4.63. The number of para-hydroxylation sites is 2. The predicted octanol–water partition coefficient (Wildman–Crippen LogP) is 2.73. The summed E-state index contributed by atoms with van der Waals surface area (Å²) in [4.78, 5) is 29.0. The van der Waals surface area contributed by atoms with E-state index < -0.39 is 6.03 Å². The Balaban J connectivity index is 2.11. The molecule has 2 rings (SSSR count). The van der Waals surface area contributed by atoms with Gasteiger partial charge in [0, 0.05) is 39.1 Å². The smallest absolute Gasteiger partial charge is 0.322 e. The maximum absolute atomic E-state index is 13.0. The van der Waals surface area contributed by atoms with Crippen LogP contribution in [0.1, 0.15) is 5.69 Å². The third-order valence-corrected chi connectivity index (χ3v) is 4.63. The van der Waals surface area contributed by atoms with Gasteiger partial charge in [-0.05, 0) is 24.3 Å². The van der Waals surface area contributed by atoms with Crippen LogP contribution in [-0.2, 0) is 23.1 Å². The molecule has 0 atom stereocenters. The number of methoxy groups -OCH3 is 2. The molecule has 0 aliphatic carbocycles. The van der Waals surface area contributed by atoms with Gasteiger partial charge in [-0.2, -0.15) is 0 Å². The van der Waals surface area contributed by atoms with Crippen LogP contribution >= 0.6 is 0 Å². The second-order valence-corrected chi connectivity index (χ2v) is 6.72. The number of aryl methyl sites for hydroxylation is 1. The summed E-state index contributed by atoms with van der Waals surface area (Å²) in [5, 5.41) is 2.80. The summed E-state index contributed by atoms with van der Waals surface area (Å²) in [6.07, 6.45) is 3.52. The highest BCUT2D eigenvalue weighted by Crippen LogP contribution is 2.23. The van der Waals surface area contributed by atoms with Crippen molar-refractivity contribution in [3.05, 3.63) is 60.9 Å². The maximum atomic E-state index is 13.0. The van der Waals surface area contributed by atoms with Crippen molar-refractivity contribution in [2.75, 3.05) is 45.8 Å². The van der Waals surface area contributed by atoms with E-state index in [1.165, 1.54) is 12.0 Å². The highest BCUT2D eigenvalue weighted by Gasteiger charge is 2.22. The fourth-order valence-corrected chi connectivity index (χ4v) is 2.93. The van der Waals surface area contributed by atoms with Crippen LogP contribution < -0.4 is 10.1 Å². The zero-order chi connectivity index (χ0) is 21.9. The van der Waals surface area contributed by atoms with Crippen LogP contribution in [0.4, 0.5) is 10.5 Å². The Hall–Kier alpha value is -3.26. The second kappa shape index (κ2) is 11.7. The first kappa shape index (κ1) is 23.0. The van der Waals surface area contributed by atoms with Crippen molar-refractivity contribution >= 4 is 17.6 Å².